The quantitative estimate of drug-likeness (QED) is 0.923. The fourth-order valence-corrected chi connectivity index (χ4v) is 3.95. The summed E-state index contributed by atoms with van der Waals surface area (Å²) in [5.74, 6) is 1.03. The fraction of sp³-hybridized carbons (Fsp3) is 0.562. The summed E-state index contributed by atoms with van der Waals surface area (Å²) in [5.41, 5.74) is 0.808. The van der Waals surface area contributed by atoms with Crippen molar-refractivity contribution < 1.29 is 9.21 Å². The summed E-state index contributed by atoms with van der Waals surface area (Å²) in [6.07, 6.45) is 6.92. The topological polar surface area (TPSA) is 45.5 Å². The molecule has 1 aliphatic heterocycles. The van der Waals surface area contributed by atoms with E-state index in [1.165, 1.54) is 37.1 Å². The molecule has 0 spiro atoms. The minimum absolute atomic E-state index is 0.0421. The Morgan fingerprint density at radius 3 is 3.14 bits per heavy atom. The molecule has 2 aliphatic rings. The van der Waals surface area contributed by atoms with E-state index in [1.807, 2.05) is 12.1 Å². The zero-order valence-electron chi connectivity index (χ0n) is 12.0. The molecule has 2 aromatic rings. The number of likely N-dealkylation sites (tertiary alicyclic amines) is 1. The highest BCUT2D eigenvalue weighted by atomic mass is 32.1. The Morgan fingerprint density at radius 1 is 1.43 bits per heavy atom. The third-order valence-corrected chi connectivity index (χ3v) is 5.60. The lowest BCUT2D eigenvalue weighted by molar-refractivity contribution is 0.0942. The second-order valence-electron chi connectivity index (χ2n) is 6.25. The smallest absolute Gasteiger partial charge is 0.261 e. The zero-order valence-corrected chi connectivity index (χ0v) is 12.8. The number of carbonyl (C=O) groups is 1. The first kappa shape index (κ1) is 13.3. The number of thiophene rings is 1. The number of carbonyl (C=O) groups excluding carboxylic acids is 1. The van der Waals surface area contributed by atoms with Crippen LogP contribution in [-0.4, -0.2) is 36.5 Å². The first-order valence-corrected chi connectivity index (χ1v) is 8.60. The molecule has 4 rings (SSSR count). The summed E-state index contributed by atoms with van der Waals surface area (Å²) in [6.45, 7) is 3.31. The lowest BCUT2D eigenvalue weighted by Crippen LogP contribution is -2.36. The zero-order chi connectivity index (χ0) is 14.2. The standard InChI is InChI=1S/C16H20N2O2S/c19-16(15-9-13-14(21-15)5-8-20-13)17-12-4-7-18(10-12)6-3-11-1-2-11/h5,8-9,11-12H,1-4,6-7,10H2,(H,17,19). The van der Waals surface area contributed by atoms with Gasteiger partial charge in [-0.15, -0.1) is 11.3 Å². The molecule has 1 saturated heterocycles. The van der Waals surface area contributed by atoms with Gasteiger partial charge in [0.15, 0.2) is 0 Å². The molecule has 1 unspecified atom stereocenters. The van der Waals surface area contributed by atoms with Crippen LogP contribution in [0.1, 0.15) is 35.4 Å². The van der Waals surface area contributed by atoms with E-state index in [1.54, 1.807) is 6.26 Å². The van der Waals surface area contributed by atoms with Gasteiger partial charge < -0.3 is 14.6 Å². The van der Waals surface area contributed by atoms with E-state index < -0.39 is 0 Å². The van der Waals surface area contributed by atoms with Crippen LogP contribution in [0, 0.1) is 5.92 Å². The molecule has 1 saturated carbocycles. The molecule has 2 fully saturated rings. The van der Waals surface area contributed by atoms with Crippen molar-refractivity contribution >= 4 is 27.5 Å². The van der Waals surface area contributed by atoms with Gasteiger partial charge in [-0.1, -0.05) is 12.8 Å². The van der Waals surface area contributed by atoms with Crippen molar-refractivity contribution in [3.63, 3.8) is 0 Å². The average molecular weight is 304 g/mol. The minimum Gasteiger partial charge on any atom is -0.463 e. The number of furan rings is 1. The van der Waals surface area contributed by atoms with Crippen LogP contribution in [0.15, 0.2) is 22.8 Å². The van der Waals surface area contributed by atoms with Gasteiger partial charge in [0.1, 0.15) is 5.58 Å². The summed E-state index contributed by atoms with van der Waals surface area (Å²) in [5, 5.41) is 3.17. The normalized spacial score (nSPS) is 23.0. The van der Waals surface area contributed by atoms with Crippen molar-refractivity contribution in [3.8, 4) is 0 Å². The molecule has 2 aromatic heterocycles. The maximum atomic E-state index is 12.3. The Kier molecular flexibility index (Phi) is 3.47. The Labute approximate surface area is 128 Å². The highest BCUT2D eigenvalue weighted by molar-refractivity contribution is 7.20. The second kappa shape index (κ2) is 5.46. The van der Waals surface area contributed by atoms with Gasteiger partial charge in [0.05, 0.1) is 15.8 Å². The van der Waals surface area contributed by atoms with Crippen LogP contribution in [0.2, 0.25) is 0 Å². The van der Waals surface area contributed by atoms with Crippen LogP contribution in [0.25, 0.3) is 10.3 Å². The molecule has 4 nitrogen and oxygen atoms in total. The summed E-state index contributed by atoms with van der Waals surface area (Å²) >= 11 is 1.50. The number of fused-ring (bicyclic) bond motifs is 1. The van der Waals surface area contributed by atoms with Crippen molar-refractivity contribution in [2.75, 3.05) is 19.6 Å². The van der Waals surface area contributed by atoms with Crippen molar-refractivity contribution in [2.24, 2.45) is 5.92 Å². The fourth-order valence-electron chi connectivity index (χ4n) is 3.06. The molecule has 3 heterocycles. The SMILES string of the molecule is O=C(NC1CCN(CCC2CC2)C1)c1cc2occc2s1. The van der Waals surface area contributed by atoms with Crippen molar-refractivity contribution in [1.82, 2.24) is 10.2 Å². The number of nitrogens with zero attached hydrogens (tertiary/aromatic N) is 1. The van der Waals surface area contributed by atoms with E-state index in [0.717, 1.165) is 40.6 Å². The van der Waals surface area contributed by atoms with Gasteiger partial charge in [-0.2, -0.15) is 0 Å². The second-order valence-corrected chi connectivity index (χ2v) is 7.34. The third-order valence-electron chi connectivity index (χ3n) is 4.52. The van der Waals surface area contributed by atoms with E-state index in [-0.39, 0.29) is 5.91 Å². The van der Waals surface area contributed by atoms with E-state index in [2.05, 4.69) is 10.2 Å². The van der Waals surface area contributed by atoms with Crippen LogP contribution in [0.5, 0.6) is 0 Å². The van der Waals surface area contributed by atoms with E-state index >= 15 is 0 Å². The minimum atomic E-state index is 0.0421. The molecule has 0 bridgehead atoms. The molecule has 0 radical (unpaired) electrons. The van der Waals surface area contributed by atoms with Crippen LogP contribution >= 0.6 is 11.3 Å². The number of hydrogen-bond donors (Lipinski definition) is 1. The van der Waals surface area contributed by atoms with Gasteiger partial charge in [0.25, 0.3) is 5.91 Å². The van der Waals surface area contributed by atoms with Gasteiger partial charge in [0.2, 0.25) is 0 Å². The molecule has 5 heteroatoms. The largest absolute Gasteiger partial charge is 0.463 e. The average Bonchev–Trinajstić information content (AvgIpc) is 2.86. The molecule has 112 valence electrons. The van der Waals surface area contributed by atoms with E-state index in [0.29, 0.717) is 6.04 Å². The molecule has 1 N–H and O–H groups in total. The van der Waals surface area contributed by atoms with Gasteiger partial charge >= 0.3 is 0 Å². The lowest BCUT2D eigenvalue weighted by atomic mass is 10.2. The van der Waals surface area contributed by atoms with Crippen LogP contribution in [-0.2, 0) is 0 Å². The van der Waals surface area contributed by atoms with E-state index in [4.69, 9.17) is 4.42 Å². The van der Waals surface area contributed by atoms with Crippen LogP contribution in [0.4, 0.5) is 0 Å². The van der Waals surface area contributed by atoms with Gasteiger partial charge in [0, 0.05) is 25.2 Å². The molecular formula is C16H20N2O2S. The van der Waals surface area contributed by atoms with Gasteiger partial charge in [-0.05, 0) is 31.4 Å². The number of nitrogens with one attached hydrogen (secondary N) is 1. The predicted octanol–water partition coefficient (Wildman–Crippen LogP) is 3.10. The summed E-state index contributed by atoms with van der Waals surface area (Å²) in [6, 6.07) is 4.05. The molecule has 1 atom stereocenters. The van der Waals surface area contributed by atoms with Crippen molar-refractivity contribution in [1.29, 1.82) is 0 Å². The first-order chi connectivity index (χ1) is 10.3. The molecule has 1 aliphatic carbocycles. The predicted molar refractivity (Wildman–Crippen MR) is 83.7 cm³/mol. The Balaban J connectivity index is 1.31. The number of rotatable bonds is 5. The number of amides is 1. The molecule has 1 amide bonds. The van der Waals surface area contributed by atoms with Crippen molar-refractivity contribution in [3.05, 3.63) is 23.3 Å². The van der Waals surface area contributed by atoms with Crippen LogP contribution < -0.4 is 5.32 Å². The molecule has 21 heavy (non-hydrogen) atoms. The summed E-state index contributed by atoms with van der Waals surface area (Å²) < 4.78 is 6.36. The van der Waals surface area contributed by atoms with Gasteiger partial charge in [-0.25, -0.2) is 0 Å². The van der Waals surface area contributed by atoms with Gasteiger partial charge in [-0.3, -0.25) is 4.79 Å². The number of hydrogen-bond acceptors (Lipinski definition) is 4. The first-order valence-electron chi connectivity index (χ1n) is 7.78. The Bertz CT molecular complexity index is 615. The highest BCUT2D eigenvalue weighted by Gasteiger charge is 2.27. The molecule has 0 aromatic carbocycles. The highest BCUT2D eigenvalue weighted by Crippen LogP contribution is 2.32. The Morgan fingerprint density at radius 2 is 2.33 bits per heavy atom. The van der Waals surface area contributed by atoms with Crippen LogP contribution in [0.3, 0.4) is 0 Å². The summed E-state index contributed by atoms with van der Waals surface area (Å²) in [7, 11) is 0. The Hall–Kier alpha value is -1.33. The van der Waals surface area contributed by atoms with Crippen molar-refractivity contribution in [2.45, 2.75) is 31.7 Å². The molecular weight excluding hydrogens is 284 g/mol. The maximum absolute atomic E-state index is 12.3. The monoisotopic (exact) mass is 304 g/mol. The maximum Gasteiger partial charge on any atom is 0.261 e. The van der Waals surface area contributed by atoms with E-state index in [9.17, 15) is 4.79 Å². The summed E-state index contributed by atoms with van der Waals surface area (Å²) in [4.78, 5) is 15.5. The third kappa shape index (κ3) is 2.99. The lowest BCUT2D eigenvalue weighted by Gasteiger charge is -2.16.